The lowest BCUT2D eigenvalue weighted by Crippen LogP contribution is -1.93. The minimum absolute atomic E-state index is 0.599. The first-order chi connectivity index (χ1) is 18.2. The van der Waals surface area contributed by atoms with E-state index in [9.17, 15) is 5.26 Å². The SMILES string of the molecule is CC.N#Cc1ccc2nccc(Nc3ccc(-c4nc5ncc(Nc6ccncc6)cc5[nH]4)cc3)c2c1. The van der Waals surface area contributed by atoms with E-state index in [0.717, 1.165) is 50.6 Å². The number of hydrogen-bond acceptors (Lipinski definition) is 7. The van der Waals surface area contributed by atoms with Crippen molar-refractivity contribution in [3.63, 3.8) is 0 Å². The standard InChI is InChI=1S/C27H18N8.C2H6/c28-15-17-1-6-23-22(13-17)24(9-12-30-23)33-19-4-2-18(3-5-19)26-34-25-14-21(16-31-27(25)35-26)32-20-7-10-29-11-8-20;1-2/h1-14,16H,(H,29,32)(H,30,33)(H,31,34,35);1-2H3. The highest BCUT2D eigenvalue weighted by Gasteiger charge is 2.09. The molecule has 0 radical (unpaired) electrons. The third-order valence-corrected chi connectivity index (χ3v) is 5.61. The Hall–Kier alpha value is -5.29. The minimum atomic E-state index is 0.599. The van der Waals surface area contributed by atoms with Gasteiger partial charge in [-0.3, -0.25) is 9.97 Å². The Morgan fingerprint density at radius 2 is 1.57 bits per heavy atom. The number of rotatable bonds is 5. The van der Waals surface area contributed by atoms with E-state index in [1.54, 1.807) is 30.9 Å². The van der Waals surface area contributed by atoms with Crippen LogP contribution in [0.4, 0.5) is 22.7 Å². The normalized spacial score (nSPS) is 10.4. The number of aromatic amines is 1. The topological polar surface area (TPSA) is 115 Å². The summed E-state index contributed by atoms with van der Waals surface area (Å²) in [7, 11) is 0. The number of fused-ring (bicyclic) bond motifs is 2. The first-order valence-corrected chi connectivity index (χ1v) is 11.9. The van der Waals surface area contributed by atoms with Gasteiger partial charge in [0.2, 0.25) is 0 Å². The van der Waals surface area contributed by atoms with Gasteiger partial charge in [-0.2, -0.15) is 5.26 Å². The molecule has 8 heteroatoms. The molecule has 2 aromatic carbocycles. The molecular formula is C29H24N8. The molecule has 37 heavy (non-hydrogen) atoms. The lowest BCUT2D eigenvalue weighted by molar-refractivity contribution is 1.30. The summed E-state index contributed by atoms with van der Waals surface area (Å²) >= 11 is 0. The number of pyridine rings is 3. The summed E-state index contributed by atoms with van der Waals surface area (Å²) in [6, 6.07) is 23.3. The Morgan fingerprint density at radius 1 is 0.784 bits per heavy atom. The average molecular weight is 485 g/mol. The molecular weight excluding hydrogens is 460 g/mol. The van der Waals surface area contributed by atoms with Gasteiger partial charge in [0.05, 0.1) is 34.6 Å². The van der Waals surface area contributed by atoms with Crippen molar-refractivity contribution < 1.29 is 0 Å². The molecule has 8 nitrogen and oxygen atoms in total. The van der Waals surface area contributed by atoms with Crippen LogP contribution in [0, 0.1) is 11.3 Å². The van der Waals surface area contributed by atoms with E-state index in [-0.39, 0.29) is 0 Å². The van der Waals surface area contributed by atoms with Gasteiger partial charge < -0.3 is 15.6 Å². The molecule has 0 saturated heterocycles. The molecule has 0 aliphatic rings. The van der Waals surface area contributed by atoms with Crippen LogP contribution in [0.2, 0.25) is 0 Å². The molecule has 0 aliphatic carbocycles. The van der Waals surface area contributed by atoms with Crippen LogP contribution in [-0.2, 0) is 0 Å². The Balaban J connectivity index is 0.00000137. The summed E-state index contributed by atoms with van der Waals surface area (Å²) in [5.41, 5.74) is 7.49. The van der Waals surface area contributed by atoms with E-state index < -0.39 is 0 Å². The Kier molecular flexibility index (Phi) is 6.68. The van der Waals surface area contributed by atoms with E-state index in [2.05, 4.69) is 41.6 Å². The van der Waals surface area contributed by atoms with Gasteiger partial charge in [-0.05, 0) is 66.7 Å². The number of nitriles is 1. The van der Waals surface area contributed by atoms with Crippen LogP contribution < -0.4 is 10.6 Å². The predicted molar refractivity (Wildman–Crippen MR) is 148 cm³/mol. The second kappa shape index (κ2) is 10.5. The summed E-state index contributed by atoms with van der Waals surface area (Å²) in [6.07, 6.45) is 6.99. The third-order valence-electron chi connectivity index (χ3n) is 5.61. The number of anilines is 4. The second-order valence-corrected chi connectivity index (χ2v) is 7.95. The highest BCUT2D eigenvalue weighted by molar-refractivity contribution is 5.93. The van der Waals surface area contributed by atoms with Crippen molar-refractivity contribution in [2.45, 2.75) is 13.8 Å². The Morgan fingerprint density at radius 3 is 2.35 bits per heavy atom. The fourth-order valence-corrected chi connectivity index (χ4v) is 3.90. The lowest BCUT2D eigenvalue weighted by atomic mass is 10.1. The maximum absolute atomic E-state index is 9.24. The molecule has 180 valence electrons. The lowest BCUT2D eigenvalue weighted by Gasteiger charge is -2.10. The number of hydrogen-bond donors (Lipinski definition) is 3. The zero-order valence-corrected chi connectivity index (χ0v) is 20.4. The van der Waals surface area contributed by atoms with Crippen LogP contribution in [0.3, 0.4) is 0 Å². The molecule has 0 spiro atoms. The highest BCUT2D eigenvalue weighted by atomic mass is 15.0. The van der Waals surface area contributed by atoms with Crippen molar-refractivity contribution in [1.29, 1.82) is 5.26 Å². The Bertz CT molecular complexity index is 1700. The molecule has 0 aliphatic heterocycles. The van der Waals surface area contributed by atoms with Crippen molar-refractivity contribution in [3.05, 3.63) is 97.1 Å². The number of imidazole rings is 1. The van der Waals surface area contributed by atoms with E-state index >= 15 is 0 Å². The molecule has 0 atom stereocenters. The maximum Gasteiger partial charge on any atom is 0.178 e. The molecule has 0 bridgehead atoms. The van der Waals surface area contributed by atoms with Crippen molar-refractivity contribution >= 4 is 44.8 Å². The average Bonchev–Trinajstić information content (AvgIpc) is 3.38. The van der Waals surface area contributed by atoms with Gasteiger partial charge in [0, 0.05) is 46.6 Å². The van der Waals surface area contributed by atoms with Crippen LogP contribution in [0.15, 0.2) is 91.5 Å². The van der Waals surface area contributed by atoms with Crippen LogP contribution in [0.25, 0.3) is 33.5 Å². The first-order valence-electron chi connectivity index (χ1n) is 11.9. The van der Waals surface area contributed by atoms with Crippen LogP contribution in [0.1, 0.15) is 19.4 Å². The summed E-state index contributed by atoms with van der Waals surface area (Å²) in [4.78, 5) is 20.9. The van der Waals surface area contributed by atoms with Gasteiger partial charge in [0.15, 0.2) is 5.65 Å². The highest BCUT2D eigenvalue weighted by Crippen LogP contribution is 2.28. The molecule has 4 heterocycles. The smallest absolute Gasteiger partial charge is 0.178 e. The number of aromatic nitrogens is 5. The monoisotopic (exact) mass is 484 g/mol. The van der Waals surface area contributed by atoms with Gasteiger partial charge in [-0.15, -0.1) is 0 Å². The Labute approximate surface area is 214 Å². The minimum Gasteiger partial charge on any atom is -0.355 e. The molecule has 0 saturated carbocycles. The number of benzene rings is 2. The molecule has 6 aromatic rings. The predicted octanol–water partition coefficient (Wildman–Crippen LogP) is 6.95. The molecule has 0 fully saturated rings. The fraction of sp³-hybridized carbons (Fsp3) is 0.0690. The summed E-state index contributed by atoms with van der Waals surface area (Å²) < 4.78 is 0. The first kappa shape index (κ1) is 23.5. The zero-order valence-electron chi connectivity index (χ0n) is 20.4. The second-order valence-electron chi connectivity index (χ2n) is 7.95. The van der Waals surface area contributed by atoms with Crippen molar-refractivity contribution in [3.8, 4) is 17.5 Å². The van der Waals surface area contributed by atoms with Crippen molar-refractivity contribution in [1.82, 2.24) is 24.9 Å². The van der Waals surface area contributed by atoms with E-state index in [1.165, 1.54) is 0 Å². The largest absolute Gasteiger partial charge is 0.355 e. The molecule has 3 N–H and O–H groups in total. The zero-order chi connectivity index (χ0) is 25.6. The summed E-state index contributed by atoms with van der Waals surface area (Å²) in [5, 5.41) is 16.9. The van der Waals surface area contributed by atoms with E-state index in [4.69, 9.17) is 0 Å². The van der Waals surface area contributed by atoms with Crippen LogP contribution >= 0.6 is 0 Å². The van der Waals surface area contributed by atoms with E-state index in [1.807, 2.05) is 74.5 Å². The van der Waals surface area contributed by atoms with Crippen LogP contribution in [0.5, 0.6) is 0 Å². The molecule has 0 unspecified atom stereocenters. The van der Waals surface area contributed by atoms with Gasteiger partial charge in [0.25, 0.3) is 0 Å². The van der Waals surface area contributed by atoms with Gasteiger partial charge >= 0.3 is 0 Å². The fourth-order valence-electron chi connectivity index (χ4n) is 3.90. The van der Waals surface area contributed by atoms with Crippen molar-refractivity contribution in [2.75, 3.05) is 10.6 Å². The summed E-state index contributed by atoms with van der Waals surface area (Å²) in [6.45, 7) is 4.00. The number of H-pyrrole nitrogens is 1. The molecule has 6 rings (SSSR count). The van der Waals surface area contributed by atoms with Crippen LogP contribution in [-0.4, -0.2) is 24.9 Å². The number of nitrogens with one attached hydrogen (secondary N) is 3. The quantitative estimate of drug-likeness (QED) is 0.242. The molecule has 0 amide bonds. The summed E-state index contributed by atoms with van der Waals surface area (Å²) in [5.74, 6) is 0.744. The van der Waals surface area contributed by atoms with Crippen molar-refractivity contribution in [2.24, 2.45) is 0 Å². The van der Waals surface area contributed by atoms with Gasteiger partial charge in [0.1, 0.15) is 5.82 Å². The van der Waals surface area contributed by atoms with E-state index in [0.29, 0.717) is 11.2 Å². The third kappa shape index (κ3) is 5.06. The van der Waals surface area contributed by atoms with Gasteiger partial charge in [-0.25, -0.2) is 9.97 Å². The molecule has 4 aromatic heterocycles. The maximum atomic E-state index is 9.24. The van der Waals surface area contributed by atoms with Gasteiger partial charge in [-0.1, -0.05) is 13.8 Å². The number of nitrogens with zero attached hydrogens (tertiary/aromatic N) is 5.